The number of hydrogen-bond acceptors (Lipinski definition) is 3. The van der Waals surface area contributed by atoms with Crippen LogP contribution in [0.4, 0.5) is 0 Å². The lowest BCUT2D eigenvalue weighted by Crippen LogP contribution is -2.22. The molecule has 0 aliphatic heterocycles. The standard InChI is InChI=1S/C10H12N2O2/c1-12(14-2)10(13)7-6-9-5-3-4-8-11-9/h3-8H,1-2H3. The molecule has 4 heteroatoms. The Bertz CT molecular complexity index is 322. The van der Waals surface area contributed by atoms with Gasteiger partial charge in [-0.25, -0.2) is 5.06 Å². The van der Waals surface area contributed by atoms with Crippen molar-refractivity contribution < 1.29 is 9.63 Å². The van der Waals surface area contributed by atoms with E-state index in [0.717, 1.165) is 10.8 Å². The second-order valence-electron chi connectivity index (χ2n) is 2.61. The van der Waals surface area contributed by atoms with Crippen LogP contribution in [-0.2, 0) is 9.63 Å². The third kappa shape index (κ3) is 2.99. The molecule has 1 aromatic rings. The zero-order chi connectivity index (χ0) is 10.4. The highest BCUT2D eigenvalue weighted by atomic mass is 16.7. The van der Waals surface area contributed by atoms with Gasteiger partial charge in [-0.15, -0.1) is 0 Å². The number of carbonyl (C=O) groups excluding carboxylic acids is 1. The van der Waals surface area contributed by atoms with E-state index in [-0.39, 0.29) is 5.91 Å². The van der Waals surface area contributed by atoms with Crippen LogP contribution < -0.4 is 0 Å². The van der Waals surface area contributed by atoms with Crippen LogP contribution in [0, 0.1) is 0 Å². The average molecular weight is 192 g/mol. The summed E-state index contributed by atoms with van der Waals surface area (Å²) in [6, 6.07) is 5.49. The maximum absolute atomic E-state index is 11.2. The largest absolute Gasteiger partial charge is 0.274 e. The van der Waals surface area contributed by atoms with E-state index in [9.17, 15) is 4.79 Å². The molecule has 74 valence electrons. The Morgan fingerprint density at radius 2 is 2.36 bits per heavy atom. The lowest BCUT2D eigenvalue weighted by atomic mass is 10.3. The molecule has 14 heavy (non-hydrogen) atoms. The minimum Gasteiger partial charge on any atom is -0.274 e. The number of hydrogen-bond donors (Lipinski definition) is 0. The molecule has 0 saturated carbocycles. The Labute approximate surface area is 82.8 Å². The van der Waals surface area contributed by atoms with Gasteiger partial charge in [-0.1, -0.05) is 6.07 Å². The molecule has 0 radical (unpaired) electrons. The predicted octanol–water partition coefficient (Wildman–Crippen LogP) is 1.11. The van der Waals surface area contributed by atoms with E-state index in [1.807, 2.05) is 18.2 Å². The van der Waals surface area contributed by atoms with Gasteiger partial charge in [-0.3, -0.25) is 14.6 Å². The summed E-state index contributed by atoms with van der Waals surface area (Å²) in [5.41, 5.74) is 0.741. The van der Waals surface area contributed by atoms with Gasteiger partial charge in [0.2, 0.25) is 0 Å². The first-order valence-electron chi connectivity index (χ1n) is 4.15. The molecular formula is C10H12N2O2. The van der Waals surface area contributed by atoms with E-state index < -0.39 is 0 Å². The first-order chi connectivity index (χ1) is 6.74. The van der Waals surface area contributed by atoms with Gasteiger partial charge < -0.3 is 0 Å². The van der Waals surface area contributed by atoms with Crippen molar-refractivity contribution in [2.45, 2.75) is 0 Å². The fourth-order valence-electron chi connectivity index (χ4n) is 0.826. The monoisotopic (exact) mass is 192 g/mol. The fourth-order valence-corrected chi connectivity index (χ4v) is 0.826. The molecule has 0 saturated heterocycles. The maximum atomic E-state index is 11.2. The molecule has 0 aliphatic rings. The molecule has 0 spiro atoms. The molecule has 1 amide bonds. The topological polar surface area (TPSA) is 42.4 Å². The van der Waals surface area contributed by atoms with Crippen molar-refractivity contribution in [2.24, 2.45) is 0 Å². The highest BCUT2D eigenvalue weighted by molar-refractivity contribution is 5.90. The molecule has 1 rings (SSSR count). The normalized spacial score (nSPS) is 10.4. The van der Waals surface area contributed by atoms with Gasteiger partial charge >= 0.3 is 0 Å². The van der Waals surface area contributed by atoms with Crippen LogP contribution in [0.15, 0.2) is 30.5 Å². The summed E-state index contributed by atoms with van der Waals surface area (Å²) in [6.45, 7) is 0. The number of likely N-dealkylation sites (N-methyl/N-ethyl adjacent to an activating group) is 1. The molecule has 1 heterocycles. The fraction of sp³-hybridized carbons (Fsp3) is 0.200. The van der Waals surface area contributed by atoms with E-state index in [1.165, 1.54) is 13.2 Å². The number of carbonyl (C=O) groups is 1. The average Bonchev–Trinajstić information content (AvgIpc) is 2.26. The third-order valence-electron chi connectivity index (χ3n) is 1.67. The highest BCUT2D eigenvalue weighted by Crippen LogP contribution is 1.97. The van der Waals surface area contributed by atoms with Gasteiger partial charge in [0, 0.05) is 19.3 Å². The van der Waals surface area contributed by atoms with Crippen molar-refractivity contribution in [3.63, 3.8) is 0 Å². The van der Waals surface area contributed by atoms with Crippen molar-refractivity contribution in [1.82, 2.24) is 10.0 Å². The molecule has 0 N–H and O–H groups in total. The maximum Gasteiger partial charge on any atom is 0.269 e. The Hall–Kier alpha value is -1.68. The number of amides is 1. The number of aromatic nitrogens is 1. The summed E-state index contributed by atoms with van der Waals surface area (Å²) in [6.07, 6.45) is 4.72. The van der Waals surface area contributed by atoms with Crippen LogP contribution in [-0.4, -0.2) is 30.1 Å². The Morgan fingerprint density at radius 1 is 1.57 bits per heavy atom. The van der Waals surface area contributed by atoms with Crippen molar-refractivity contribution in [3.05, 3.63) is 36.2 Å². The van der Waals surface area contributed by atoms with Crippen LogP contribution in [0.1, 0.15) is 5.69 Å². The summed E-state index contributed by atoms with van der Waals surface area (Å²) in [5.74, 6) is -0.224. The van der Waals surface area contributed by atoms with E-state index in [4.69, 9.17) is 4.84 Å². The second-order valence-corrected chi connectivity index (χ2v) is 2.61. The van der Waals surface area contributed by atoms with Gasteiger partial charge in [0.15, 0.2) is 0 Å². The smallest absolute Gasteiger partial charge is 0.269 e. The van der Waals surface area contributed by atoms with Crippen molar-refractivity contribution in [1.29, 1.82) is 0 Å². The molecular weight excluding hydrogens is 180 g/mol. The lowest BCUT2D eigenvalue weighted by molar-refractivity contribution is -0.162. The highest BCUT2D eigenvalue weighted by Gasteiger charge is 2.01. The first kappa shape index (κ1) is 10.4. The lowest BCUT2D eigenvalue weighted by Gasteiger charge is -2.09. The Balaban J connectivity index is 2.61. The molecule has 4 nitrogen and oxygen atoms in total. The van der Waals surface area contributed by atoms with Crippen LogP contribution >= 0.6 is 0 Å². The summed E-state index contributed by atoms with van der Waals surface area (Å²) < 4.78 is 0. The van der Waals surface area contributed by atoms with Crippen LogP contribution in [0.5, 0.6) is 0 Å². The zero-order valence-corrected chi connectivity index (χ0v) is 8.18. The molecule has 0 aromatic carbocycles. The minimum absolute atomic E-state index is 0.224. The summed E-state index contributed by atoms with van der Waals surface area (Å²) in [4.78, 5) is 20.0. The van der Waals surface area contributed by atoms with E-state index in [2.05, 4.69) is 4.98 Å². The number of rotatable bonds is 3. The quantitative estimate of drug-likeness (QED) is 0.532. The summed E-state index contributed by atoms with van der Waals surface area (Å²) in [5, 5.41) is 1.14. The van der Waals surface area contributed by atoms with E-state index >= 15 is 0 Å². The minimum atomic E-state index is -0.224. The van der Waals surface area contributed by atoms with Crippen molar-refractivity contribution in [2.75, 3.05) is 14.2 Å². The first-order valence-corrected chi connectivity index (χ1v) is 4.15. The Kier molecular flexibility index (Phi) is 3.82. The summed E-state index contributed by atoms with van der Waals surface area (Å²) >= 11 is 0. The molecule has 1 aromatic heterocycles. The van der Waals surface area contributed by atoms with E-state index in [1.54, 1.807) is 19.3 Å². The zero-order valence-electron chi connectivity index (χ0n) is 8.18. The molecule has 0 unspecified atom stereocenters. The molecule has 0 atom stereocenters. The van der Waals surface area contributed by atoms with Gasteiger partial charge in [-0.05, 0) is 18.2 Å². The van der Waals surface area contributed by atoms with Crippen LogP contribution in [0.2, 0.25) is 0 Å². The van der Waals surface area contributed by atoms with Gasteiger partial charge in [0.05, 0.1) is 12.8 Å². The van der Waals surface area contributed by atoms with Crippen LogP contribution in [0.25, 0.3) is 6.08 Å². The second kappa shape index (κ2) is 5.14. The van der Waals surface area contributed by atoms with E-state index in [0.29, 0.717) is 0 Å². The summed E-state index contributed by atoms with van der Waals surface area (Å²) in [7, 11) is 2.98. The van der Waals surface area contributed by atoms with Crippen molar-refractivity contribution in [3.8, 4) is 0 Å². The Morgan fingerprint density at radius 3 is 2.93 bits per heavy atom. The van der Waals surface area contributed by atoms with Gasteiger partial charge in [0.25, 0.3) is 5.91 Å². The predicted molar refractivity (Wildman–Crippen MR) is 53.1 cm³/mol. The number of pyridine rings is 1. The molecule has 0 aliphatic carbocycles. The number of nitrogens with zero attached hydrogens (tertiary/aromatic N) is 2. The van der Waals surface area contributed by atoms with Gasteiger partial charge in [0.1, 0.15) is 0 Å². The third-order valence-corrected chi connectivity index (χ3v) is 1.67. The molecule has 0 bridgehead atoms. The molecule has 0 fully saturated rings. The SMILES string of the molecule is CON(C)C(=O)C=Cc1ccccn1. The number of hydroxylamine groups is 2. The van der Waals surface area contributed by atoms with Crippen LogP contribution in [0.3, 0.4) is 0 Å². The van der Waals surface area contributed by atoms with Gasteiger partial charge in [-0.2, -0.15) is 0 Å². The van der Waals surface area contributed by atoms with Crippen molar-refractivity contribution >= 4 is 12.0 Å².